The van der Waals surface area contributed by atoms with Crippen LogP contribution in [0.4, 0.5) is 0 Å². The van der Waals surface area contributed by atoms with Crippen LogP contribution in [-0.2, 0) is 10.2 Å². The summed E-state index contributed by atoms with van der Waals surface area (Å²) in [7, 11) is 0. The number of phenols is 1. The lowest BCUT2D eigenvalue weighted by atomic mass is 9.79. The molecule has 0 amide bonds. The Hall–Kier alpha value is -1.51. The van der Waals surface area contributed by atoms with Gasteiger partial charge in [-0.15, -0.1) is 0 Å². The fourth-order valence-electron chi connectivity index (χ4n) is 2.17. The molecule has 0 saturated heterocycles. The normalized spacial score (nSPS) is 11.5. The third kappa shape index (κ3) is 4.06. The van der Waals surface area contributed by atoms with E-state index in [1.807, 2.05) is 19.1 Å². The Morgan fingerprint density at radius 3 is 2.56 bits per heavy atom. The number of hydrogen-bond donors (Lipinski definition) is 2. The Labute approximate surface area is 108 Å². The van der Waals surface area contributed by atoms with Gasteiger partial charge in [0.25, 0.3) is 0 Å². The first-order chi connectivity index (χ1) is 8.33. The quantitative estimate of drug-likeness (QED) is 0.758. The largest absolute Gasteiger partial charge is 0.508 e. The van der Waals surface area contributed by atoms with Gasteiger partial charge < -0.3 is 10.2 Å². The standard InChI is InChI=1S/C15H22O3/c1-11-7-8-13(16)12(10-11)15(2,3)9-5-4-6-14(17)18/h7-8,10,16H,4-6,9H2,1-3H3,(H,17,18). The monoisotopic (exact) mass is 250 g/mol. The van der Waals surface area contributed by atoms with E-state index < -0.39 is 5.97 Å². The van der Waals surface area contributed by atoms with Crippen LogP contribution in [0.2, 0.25) is 0 Å². The van der Waals surface area contributed by atoms with Crippen molar-refractivity contribution < 1.29 is 15.0 Å². The second kappa shape index (κ2) is 5.89. The van der Waals surface area contributed by atoms with Crippen molar-refractivity contribution in [2.45, 2.75) is 51.9 Å². The molecule has 2 N–H and O–H groups in total. The maximum Gasteiger partial charge on any atom is 0.303 e. The van der Waals surface area contributed by atoms with Gasteiger partial charge in [-0.1, -0.05) is 38.0 Å². The number of benzene rings is 1. The van der Waals surface area contributed by atoms with Gasteiger partial charge >= 0.3 is 5.97 Å². The lowest BCUT2D eigenvalue weighted by Gasteiger charge is -2.26. The number of aromatic hydroxyl groups is 1. The molecule has 0 radical (unpaired) electrons. The Morgan fingerprint density at radius 1 is 1.28 bits per heavy atom. The lowest BCUT2D eigenvalue weighted by Crippen LogP contribution is -2.17. The average molecular weight is 250 g/mol. The smallest absolute Gasteiger partial charge is 0.303 e. The maximum absolute atomic E-state index is 10.5. The fourth-order valence-corrected chi connectivity index (χ4v) is 2.17. The van der Waals surface area contributed by atoms with E-state index in [4.69, 9.17) is 5.11 Å². The van der Waals surface area contributed by atoms with Crippen molar-refractivity contribution in [2.75, 3.05) is 0 Å². The van der Waals surface area contributed by atoms with E-state index in [9.17, 15) is 9.90 Å². The van der Waals surface area contributed by atoms with E-state index in [1.54, 1.807) is 6.07 Å². The van der Waals surface area contributed by atoms with Crippen LogP contribution in [0, 0.1) is 6.92 Å². The molecule has 100 valence electrons. The van der Waals surface area contributed by atoms with Crippen LogP contribution < -0.4 is 0 Å². The molecule has 0 atom stereocenters. The molecule has 0 fully saturated rings. The van der Waals surface area contributed by atoms with Crippen molar-refractivity contribution >= 4 is 5.97 Å². The van der Waals surface area contributed by atoms with Crippen LogP contribution >= 0.6 is 0 Å². The van der Waals surface area contributed by atoms with Crippen molar-refractivity contribution in [2.24, 2.45) is 0 Å². The molecule has 1 rings (SSSR count). The molecule has 3 heteroatoms. The maximum atomic E-state index is 10.5. The Morgan fingerprint density at radius 2 is 1.94 bits per heavy atom. The summed E-state index contributed by atoms with van der Waals surface area (Å²) < 4.78 is 0. The first-order valence-electron chi connectivity index (χ1n) is 6.35. The molecule has 0 bridgehead atoms. The summed E-state index contributed by atoms with van der Waals surface area (Å²) in [5.74, 6) is -0.421. The van der Waals surface area contributed by atoms with Gasteiger partial charge in [-0.2, -0.15) is 0 Å². The van der Waals surface area contributed by atoms with Crippen LogP contribution in [0.25, 0.3) is 0 Å². The van der Waals surface area contributed by atoms with E-state index in [0.717, 1.165) is 24.0 Å². The molecule has 0 aromatic heterocycles. The number of carbonyl (C=O) groups is 1. The first-order valence-corrected chi connectivity index (χ1v) is 6.35. The molecular weight excluding hydrogens is 228 g/mol. The van der Waals surface area contributed by atoms with E-state index in [1.165, 1.54) is 0 Å². The number of aliphatic carboxylic acids is 1. The Kier molecular flexibility index (Phi) is 4.76. The zero-order chi connectivity index (χ0) is 13.8. The molecule has 0 heterocycles. The predicted molar refractivity (Wildman–Crippen MR) is 72.0 cm³/mol. The summed E-state index contributed by atoms with van der Waals surface area (Å²) in [6, 6.07) is 5.62. The van der Waals surface area contributed by atoms with E-state index in [2.05, 4.69) is 13.8 Å². The van der Waals surface area contributed by atoms with Crippen LogP contribution in [-0.4, -0.2) is 16.2 Å². The minimum Gasteiger partial charge on any atom is -0.508 e. The molecule has 0 aliphatic heterocycles. The molecule has 0 saturated carbocycles. The van der Waals surface area contributed by atoms with Gasteiger partial charge in [0.1, 0.15) is 5.75 Å². The number of carboxylic acid groups (broad SMARTS) is 1. The van der Waals surface area contributed by atoms with Crippen LogP contribution in [0.5, 0.6) is 5.75 Å². The van der Waals surface area contributed by atoms with Gasteiger partial charge in [-0.05, 0) is 36.8 Å². The van der Waals surface area contributed by atoms with Crippen LogP contribution in [0.15, 0.2) is 18.2 Å². The van der Waals surface area contributed by atoms with Gasteiger partial charge in [0.15, 0.2) is 0 Å². The van der Waals surface area contributed by atoms with E-state index >= 15 is 0 Å². The topological polar surface area (TPSA) is 57.5 Å². The van der Waals surface area contributed by atoms with Crippen molar-refractivity contribution in [1.82, 2.24) is 0 Å². The first kappa shape index (κ1) is 14.6. The summed E-state index contributed by atoms with van der Waals surface area (Å²) in [6.07, 6.45) is 2.63. The highest BCUT2D eigenvalue weighted by Gasteiger charge is 2.23. The third-order valence-electron chi connectivity index (χ3n) is 3.32. The zero-order valence-electron chi connectivity index (χ0n) is 11.4. The second-order valence-corrected chi connectivity index (χ2v) is 5.51. The molecular formula is C15H22O3. The number of unbranched alkanes of at least 4 members (excludes halogenated alkanes) is 1. The molecule has 0 spiro atoms. The number of aryl methyl sites for hydroxylation is 1. The van der Waals surface area contributed by atoms with Gasteiger partial charge in [0, 0.05) is 6.42 Å². The third-order valence-corrected chi connectivity index (χ3v) is 3.32. The van der Waals surface area contributed by atoms with Crippen molar-refractivity contribution in [3.63, 3.8) is 0 Å². The SMILES string of the molecule is Cc1ccc(O)c(C(C)(C)CCCCC(=O)O)c1. The molecule has 1 aromatic rings. The van der Waals surface area contributed by atoms with Crippen LogP contribution in [0.3, 0.4) is 0 Å². The van der Waals surface area contributed by atoms with Gasteiger partial charge in [-0.3, -0.25) is 4.79 Å². The average Bonchev–Trinajstić information content (AvgIpc) is 2.27. The molecule has 3 nitrogen and oxygen atoms in total. The fraction of sp³-hybridized carbons (Fsp3) is 0.533. The number of phenolic OH excluding ortho intramolecular Hbond substituents is 1. The zero-order valence-corrected chi connectivity index (χ0v) is 11.4. The minimum atomic E-state index is -0.744. The molecule has 0 aliphatic rings. The Balaban J connectivity index is 2.67. The van der Waals surface area contributed by atoms with Crippen molar-refractivity contribution in [3.8, 4) is 5.75 Å². The molecule has 18 heavy (non-hydrogen) atoms. The van der Waals surface area contributed by atoms with Crippen LogP contribution in [0.1, 0.15) is 50.7 Å². The summed E-state index contributed by atoms with van der Waals surface area (Å²) >= 11 is 0. The summed E-state index contributed by atoms with van der Waals surface area (Å²) in [4.78, 5) is 10.5. The predicted octanol–water partition coefficient (Wildman–Crippen LogP) is 3.62. The van der Waals surface area contributed by atoms with E-state index in [0.29, 0.717) is 12.2 Å². The summed E-state index contributed by atoms with van der Waals surface area (Å²) in [5.41, 5.74) is 1.94. The highest BCUT2D eigenvalue weighted by Crippen LogP contribution is 2.35. The highest BCUT2D eigenvalue weighted by atomic mass is 16.4. The molecule has 0 aliphatic carbocycles. The highest BCUT2D eigenvalue weighted by molar-refractivity contribution is 5.66. The van der Waals surface area contributed by atoms with Crippen molar-refractivity contribution in [3.05, 3.63) is 29.3 Å². The van der Waals surface area contributed by atoms with Gasteiger partial charge in [0.05, 0.1) is 0 Å². The summed E-state index contributed by atoms with van der Waals surface area (Å²) in [6.45, 7) is 6.17. The number of hydrogen-bond acceptors (Lipinski definition) is 2. The number of rotatable bonds is 6. The molecule has 1 aromatic carbocycles. The lowest BCUT2D eigenvalue weighted by molar-refractivity contribution is -0.137. The molecule has 0 unspecified atom stereocenters. The summed E-state index contributed by atoms with van der Waals surface area (Å²) in [5, 5.41) is 18.5. The van der Waals surface area contributed by atoms with Gasteiger partial charge in [-0.25, -0.2) is 0 Å². The van der Waals surface area contributed by atoms with E-state index in [-0.39, 0.29) is 11.8 Å². The Bertz CT molecular complexity index is 422. The van der Waals surface area contributed by atoms with Gasteiger partial charge in [0.2, 0.25) is 0 Å². The minimum absolute atomic E-state index is 0.130. The number of carboxylic acids is 1. The second-order valence-electron chi connectivity index (χ2n) is 5.51. The van der Waals surface area contributed by atoms with Crippen molar-refractivity contribution in [1.29, 1.82) is 0 Å².